The van der Waals surface area contributed by atoms with Crippen molar-refractivity contribution in [3.8, 4) is 5.75 Å². The molecule has 0 unspecified atom stereocenters. The topological polar surface area (TPSA) is 79.5 Å². The minimum atomic E-state index is -0.357. The van der Waals surface area contributed by atoms with E-state index in [9.17, 15) is 9.59 Å². The Morgan fingerprint density at radius 2 is 1.61 bits per heavy atom. The van der Waals surface area contributed by atoms with E-state index in [0.29, 0.717) is 32.7 Å². The Morgan fingerprint density at radius 1 is 0.903 bits per heavy atom. The molecule has 0 aliphatic rings. The van der Waals surface area contributed by atoms with Gasteiger partial charge in [0, 0.05) is 22.5 Å². The van der Waals surface area contributed by atoms with Crippen LogP contribution in [0.25, 0.3) is 0 Å². The summed E-state index contributed by atoms with van der Waals surface area (Å²) in [5.41, 5.74) is 3.16. The maximum Gasteiger partial charge on any atom is 0.257 e. The van der Waals surface area contributed by atoms with Crippen LogP contribution in [0.5, 0.6) is 5.75 Å². The fourth-order valence-corrected chi connectivity index (χ4v) is 3.60. The summed E-state index contributed by atoms with van der Waals surface area (Å²) in [6.07, 6.45) is 0. The number of carbonyl (C=O) groups is 2. The predicted molar refractivity (Wildman–Crippen MR) is 130 cm³/mol. The summed E-state index contributed by atoms with van der Waals surface area (Å²) in [5, 5.41) is 8.60. The first kappa shape index (κ1) is 22.5. The maximum absolute atomic E-state index is 12.5. The molecule has 0 bridgehead atoms. The Morgan fingerprint density at radius 3 is 2.29 bits per heavy atom. The average Bonchev–Trinajstić information content (AvgIpc) is 2.74. The second-order valence-corrected chi connectivity index (χ2v) is 7.87. The first-order chi connectivity index (χ1) is 14.9. The molecule has 0 saturated heterocycles. The highest BCUT2D eigenvalue weighted by Gasteiger charge is 2.12. The molecular formula is C23H20BrN3O3S. The van der Waals surface area contributed by atoms with Crippen LogP contribution in [0.15, 0.2) is 71.2 Å². The van der Waals surface area contributed by atoms with Gasteiger partial charge in [-0.1, -0.05) is 24.3 Å². The normalized spacial score (nSPS) is 10.2. The molecule has 31 heavy (non-hydrogen) atoms. The van der Waals surface area contributed by atoms with Crippen molar-refractivity contribution >= 4 is 56.4 Å². The summed E-state index contributed by atoms with van der Waals surface area (Å²) in [5.74, 6) is 0.0721. The van der Waals surface area contributed by atoms with Crippen LogP contribution in [0.4, 0.5) is 11.4 Å². The molecule has 0 heterocycles. The largest absolute Gasteiger partial charge is 0.496 e. The molecule has 0 fully saturated rings. The highest BCUT2D eigenvalue weighted by Crippen LogP contribution is 2.25. The van der Waals surface area contributed by atoms with Gasteiger partial charge in [0.1, 0.15) is 5.75 Å². The van der Waals surface area contributed by atoms with Crippen LogP contribution in [0.2, 0.25) is 0 Å². The third-order valence-electron chi connectivity index (χ3n) is 4.41. The van der Waals surface area contributed by atoms with Crippen molar-refractivity contribution in [1.82, 2.24) is 5.32 Å². The first-order valence-electron chi connectivity index (χ1n) is 9.30. The third kappa shape index (κ3) is 5.90. The molecule has 0 radical (unpaired) electrons. The molecule has 3 aromatic carbocycles. The van der Waals surface area contributed by atoms with Gasteiger partial charge in [-0.2, -0.15) is 0 Å². The van der Waals surface area contributed by atoms with E-state index in [4.69, 9.17) is 17.0 Å². The molecule has 158 valence electrons. The fourth-order valence-electron chi connectivity index (χ4n) is 2.85. The van der Waals surface area contributed by atoms with E-state index in [0.717, 1.165) is 5.56 Å². The number of halogens is 1. The molecular weight excluding hydrogens is 478 g/mol. The lowest BCUT2D eigenvalue weighted by atomic mass is 10.1. The van der Waals surface area contributed by atoms with E-state index in [1.807, 2.05) is 25.1 Å². The Labute approximate surface area is 194 Å². The summed E-state index contributed by atoms with van der Waals surface area (Å²) in [6, 6.07) is 19.4. The van der Waals surface area contributed by atoms with Gasteiger partial charge >= 0.3 is 0 Å². The van der Waals surface area contributed by atoms with Crippen molar-refractivity contribution < 1.29 is 14.3 Å². The molecule has 3 aromatic rings. The number of hydrogen-bond donors (Lipinski definition) is 3. The number of anilines is 2. The number of amides is 2. The van der Waals surface area contributed by atoms with Crippen LogP contribution in [0.3, 0.4) is 0 Å². The van der Waals surface area contributed by atoms with Crippen molar-refractivity contribution in [2.45, 2.75) is 6.92 Å². The summed E-state index contributed by atoms with van der Waals surface area (Å²) in [4.78, 5) is 25.0. The minimum absolute atomic E-state index is 0.138. The average molecular weight is 498 g/mol. The van der Waals surface area contributed by atoms with E-state index in [-0.39, 0.29) is 16.9 Å². The van der Waals surface area contributed by atoms with Gasteiger partial charge in [0.05, 0.1) is 11.6 Å². The van der Waals surface area contributed by atoms with Crippen molar-refractivity contribution in [3.63, 3.8) is 0 Å². The number of nitrogens with one attached hydrogen (secondary N) is 3. The van der Waals surface area contributed by atoms with Crippen LogP contribution < -0.4 is 20.7 Å². The van der Waals surface area contributed by atoms with Gasteiger partial charge in [0.15, 0.2) is 5.11 Å². The summed E-state index contributed by atoms with van der Waals surface area (Å²) in [7, 11) is 1.55. The van der Waals surface area contributed by atoms with E-state index in [1.165, 1.54) is 0 Å². The number of rotatable bonds is 5. The first-order valence-corrected chi connectivity index (χ1v) is 10.5. The Hall–Kier alpha value is -3.23. The van der Waals surface area contributed by atoms with Gasteiger partial charge in [-0.25, -0.2) is 0 Å². The molecule has 0 aromatic heterocycles. The van der Waals surface area contributed by atoms with Crippen LogP contribution in [0.1, 0.15) is 26.3 Å². The van der Waals surface area contributed by atoms with E-state index in [1.54, 1.807) is 55.6 Å². The Balaban J connectivity index is 1.63. The molecule has 0 aliphatic heterocycles. The lowest BCUT2D eigenvalue weighted by Crippen LogP contribution is -2.34. The summed E-state index contributed by atoms with van der Waals surface area (Å²) < 4.78 is 5.83. The molecule has 3 rings (SSSR count). The molecule has 0 saturated carbocycles. The van der Waals surface area contributed by atoms with Crippen molar-refractivity contribution in [3.05, 3.63) is 87.9 Å². The lowest BCUT2D eigenvalue weighted by molar-refractivity contribution is 0.0976. The molecule has 3 N–H and O–H groups in total. The SMILES string of the molecule is COc1ccc(C(=O)NC(=S)Nc2cccc(NC(=O)c3ccccc3C)c2)cc1Br. The number of thiocarbonyl (C=S) groups is 1. The van der Waals surface area contributed by atoms with Crippen molar-refractivity contribution in [2.24, 2.45) is 0 Å². The highest BCUT2D eigenvalue weighted by molar-refractivity contribution is 9.10. The lowest BCUT2D eigenvalue weighted by Gasteiger charge is -2.12. The second kappa shape index (κ2) is 10.2. The predicted octanol–water partition coefficient (Wildman–Crippen LogP) is 5.15. The molecule has 8 heteroatoms. The maximum atomic E-state index is 12.5. The van der Waals surface area contributed by atoms with Gasteiger partial charge in [-0.15, -0.1) is 0 Å². The van der Waals surface area contributed by atoms with Gasteiger partial charge in [0.2, 0.25) is 0 Å². The standard InChI is InChI=1S/C23H20BrN3O3S/c1-14-6-3-4-9-18(14)22(29)25-16-7-5-8-17(13-16)26-23(31)27-21(28)15-10-11-20(30-2)19(24)12-15/h3-13H,1-2H3,(H,25,29)(H2,26,27,28,31). The fraction of sp³-hybridized carbons (Fsp3) is 0.0870. The van der Waals surface area contributed by atoms with E-state index >= 15 is 0 Å². The number of ether oxygens (including phenoxy) is 1. The Kier molecular flexibility index (Phi) is 7.38. The number of aryl methyl sites for hydroxylation is 1. The van der Waals surface area contributed by atoms with Crippen LogP contribution >= 0.6 is 28.1 Å². The zero-order valence-corrected chi connectivity index (χ0v) is 19.3. The molecule has 0 aliphatic carbocycles. The number of hydrogen-bond acceptors (Lipinski definition) is 4. The quantitative estimate of drug-likeness (QED) is 0.425. The van der Waals surface area contributed by atoms with Crippen molar-refractivity contribution in [1.29, 1.82) is 0 Å². The molecule has 6 nitrogen and oxygen atoms in total. The summed E-state index contributed by atoms with van der Waals surface area (Å²) >= 11 is 8.61. The second-order valence-electron chi connectivity index (χ2n) is 6.61. The van der Waals surface area contributed by atoms with E-state index < -0.39 is 0 Å². The highest BCUT2D eigenvalue weighted by atomic mass is 79.9. The van der Waals surface area contributed by atoms with Crippen LogP contribution in [-0.2, 0) is 0 Å². The molecule has 0 atom stereocenters. The smallest absolute Gasteiger partial charge is 0.257 e. The van der Waals surface area contributed by atoms with E-state index in [2.05, 4.69) is 31.9 Å². The third-order valence-corrected chi connectivity index (χ3v) is 5.23. The monoisotopic (exact) mass is 497 g/mol. The summed E-state index contributed by atoms with van der Waals surface area (Å²) in [6.45, 7) is 1.88. The van der Waals surface area contributed by atoms with Crippen LogP contribution in [0, 0.1) is 6.92 Å². The van der Waals surface area contributed by atoms with Gasteiger partial charge in [-0.3, -0.25) is 14.9 Å². The molecule has 0 spiro atoms. The van der Waals surface area contributed by atoms with Crippen LogP contribution in [-0.4, -0.2) is 24.0 Å². The number of benzene rings is 3. The Bertz CT molecular complexity index is 1150. The van der Waals surface area contributed by atoms with Gasteiger partial charge in [-0.05, 0) is 83.1 Å². The zero-order chi connectivity index (χ0) is 22.4. The van der Waals surface area contributed by atoms with Gasteiger partial charge in [0.25, 0.3) is 11.8 Å². The minimum Gasteiger partial charge on any atom is -0.496 e. The number of carbonyl (C=O) groups excluding carboxylic acids is 2. The molecule has 2 amide bonds. The zero-order valence-electron chi connectivity index (χ0n) is 16.9. The van der Waals surface area contributed by atoms with Crippen molar-refractivity contribution in [2.75, 3.05) is 17.7 Å². The van der Waals surface area contributed by atoms with Gasteiger partial charge < -0.3 is 15.4 Å². The number of methoxy groups -OCH3 is 1.